The maximum atomic E-state index is 12.7. The number of carbonyl (C=O) groups excluding carboxylic acids is 1. The minimum absolute atomic E-state index is 0.331. The van der Waals surface area contributed by atoms with Gasteiger partial charge in [-0.3, -0.25) is 0 Å². The number of hydrogen-bond donors (Lipinski definition) is 0. The molecule has 0 atom stereocenters. The molecule has 1 rings (SSSR count). The van der Waals surface area contributed by atoms with Crippen LogP contribution in [0.25, 0.3) is 0 Å². The number of alkyl halides is 1. The second kappa shape index (κ2) is 5.00. The van der Waals surface area contributed by atoms with Gasteiger partial charge in [-0.15, -0.1) is 0 Å². The second-order valence-corrected chi connectivity index (χ2v) is 3.39. The third-order valence-corrected chi connectivity index (χ3v) is 2.41. The zero-order chi connectivity index (χ0) is 9.68. The molecule has 0 unspecified atom stereocenters. The third kappa shape index (κ3) is 3.57. The normalized spacial score (nSPS) is 29.1. The summed E-state index contributed by atoms with van der Waals surface area (Å²) in [5.74, 6) is 0.0217. The van der Waals surface area contributed by atoms with E-state index in [0.717, 1.165) is 12.8 Å². The van der Waals surface area contributed by atoms with E-state index in [1.807, 2.05) is 6.08 Å². The summed E-state index contributed by atoms with van der Waals surface area (Å²) >= 11 is 0. The van der Waals surface area contributed by atoms with Crippen LogP contribution in [0, 0.1) is 5.92 Å². The van der Waals surface area contributed by atoms with Gasteiger partial charge in [0.15, 0.2) is 0 Å². The van der Waals surface area contributed by atoms with Gasteiger partial charge in [-0.1, -0.05) is 6.08 Å². The SMILES string of the molecule is COC(=O)/C=C/C1CCC(F)CC1. The molecule has 0 heterocycles. The summed E-state index contributed by atoms with van der Waals surface area (Å²) in [6.45, 7) is 0. The standard InChI is InChI=1S/C10H15FO2/c1-13-10(12)7-4-8-2-5-9(11)6-3-8/h4,7-9H,2-3,5-6H2,1H3/b7-4+. The first-order valence-corrected chi connectivity index (χ1v) is 4.62. The van der Waals surface area contributed by atoms with Crippen molar-refractivity contribution in [1.29, 1.82) is 0 Å². The number of hydrogen-bond acceptors (Lipinski definition) is 2. The van der Waals surface area contributed by atoms with Gasteiger partial charge in [0.1, 0.15) is 6.17 Å². The number of halogens is 1. The van der Waals surface area contributed by atoms with Crippen LogP contribution in [0.3, 0.4) is 0 Å². The van der Waals surface area contributed by atoms with Gasteiger partial charge in [0.25, 0.3) is 0 Å². The van der Waals surface area contributed by atoms with Crippen molar-refractivity contribution in [3.05, 3.63) is 12.2 Å². The Labute approximate surface area is 77.8 Å². The van der Waals surface area contributed by atoms with Gasteiger partial charge in [-0.05, 0) is 31.6 Å². The maximum Gasteiger partial charge on any atom is 0.330 e. The van der Waals surface area contributed by atoms with Gasteiger partial charge >= 0.3 is 5.97 Å². The van der Waals surface area contributed by atoms with E-state index >= 15 is 0 Å². The fraction of sp³-hybridized carbons (Fsp3) is 0.700. The highest BCUT2D eigenvalue weighted by atomic mass is 19.1. The highest BCUT2D eigenvalue weighted by molar-refractivity contribution is 5.81. The van der Waals surface area contributed by atoms with Crippen LogP contribution in [-0.4, -0.2) is 19.3 Å². The largest absolute Gasteiger partial charge is 0.466 e. The minimum Gasteiger partial charge on any atom is -0.466 e. The number of esters is 1. The van der Waals surface area contributed by atoms with E-state index in [-0.39, 0.29) is 5.97 Å². The number of ether oxygens (including phenoxy) is 1. The maximum absolute atomic E-state index is 12.7. The zero-order valence-corrected chi connectivity index (χ0v) is 7.83. The fourth-order valence-corrected chi connectivity index (χ4v) is 1.55. The van der Waals surface area contributed by atoms with E-state index in [4.69, 9.17) is 0 Å². The van der Waals surface area contributed by atoms with Gasteiger partial charge < -0.3 is 4.74 Å². The monoisotopic (exact) mass is 186 g/mol. The Balaban J connectivity index is 2.29. The van der Waals surface area contributed by atoms with Crippen LogP contribution in [0.2, 0.25) is 0 Å². The van der Waals surface area contributed by atoms with Crippen LogP contribution >= 0.6 is 0 Å². The van der Waals surface area contributed by atoms with Crippen LogP contribution in [0.1, 0.15) is 25.7 Å². The van der Waals surface area contributed by atoms with Crippen molar-refractivity contribution < 1.29 is 13.9 Å². The lowest BCUT2D eigenvalue weighted by Crippen LogP contribution is -2.13. The molecule has 0 spiro atoms. The summed E-state index contributed by atoms with van der Waals surface area (Å²) in [4.78, 5) is 10.7. The van der Waals surface area contributed by atoms with E-state index in [9.17, 15) is 9.18 Å². The predicted molar refractivity (Wildman–Crippen MR) is 48.0 cm³/mol. The smallest absolute Gasteiger partial charge is 0.330 e. The van der Waals surface area contributed by atoms with Crippen LogP contribution < -0.4 is 0 Å². The molecule has 0 amide bonds. The van der Waals surface area contributed by atoms with Crippen molar-refractivity contribution in [3.63, 3.8) is 0 Å². The highest BCUT2D eigenvalue weighted by Crippen LogP contribution is 2.26. The number of rotatable bonds is 2. The summed E-state index contributed by atoms with van der Waals surface area (Å²) in [6.07, 6.45) is 5.55. The van der Waals surface area contributed by atoms with Crippen molar-refractivity contribution in [3.8, 4) is 0 Å². The third-order valence-electron chi connectivity index (χ3n) is 2.41. The molecular formula is C10H15FO2. The summed E-state index contributed by atoms with van der Waals surface area (Å²) in [6, 6.07) is 0. The Morgan fingerprint density at radius 3 is 2.54 bits per heavy atom. The average Bonchev–Trinajstić information content (AvgIpc) is 2.16. The Morgan fingerprint density at radius 1 is 1.38 bits per heavy atom. The molecule has 0 aromatic carbocycles. The van der Waals surface area contributed by atoms with Gasteiger partial charge in [-0.25, -0.2) is 9.18 Å². The van der Waals surface area contributed by atoms with Gasteiger partial charge in [-0.2, -0.15) is 0 Å². The van der Waals surface area contributed by atoms with E-state index in [2.05, 4.69) is 4.74 Å². The first-order valence-electron chi connectivity index (χ1n) is 4.62. The van der Waals surface area contributed by atoms with Crippen LogP contribution in [0.5, 0.6) is 0 Å². The van der Waals surface area contributed by atoms with Crippen LogP contribution in [-0.2, 0) is 9.53 Å². The fourth-order valence-electron chi connectivity index (χ4n) is 1.55. The molecule has 0 aliphatic heterocycles. The molecule has 2 nitrogen and oxygen atoms in total. The van der Waals surface area contributed by atoms with E-state index in [0.29, 0.717) is 18.8 Å². The Hall–Kier alpha value is -0.860. The molecule has 0 radical (unpaired) electrons. The first kappa shape index (κ1) is 10.2. The number of methoxy groups -OCH3 is 1. The lowest BCUT2D eigenvalue weighted by Gasteiger charge is -2.20. The topological polar surface area (TPSA) is 26.3 Å². The molecule has 0 saturated heterocycles. The minimum atomic E-state index is -0.636. The first-order chi connectivity index (χ1) is 6.22. The molecule has 1 aliphatic carbocycles. The lowest BCUT2D eigenvalue weighted by molar-refractivity contribution is -0.134. The van der Waals surface area contributed by atoms with Gasteiger partial charge in [0, 0.05) is 6.08 Å². The number of carbonyl (C=O) groups is 1. The van der Waals surface area contributed by atoms with Crippen molar-refractivity contribution in [2.45, 2.75) is 31.9 Å². The van der Waals surface area contributed by atoms with E-state index < -0.39 is 6.17 Å². The summed E-state index contributed by atoms with van der Waals surface area (Å²) < 4.78 is 17.2. The summed E-state index contributed by atoms with van der Waals surface area (Å²) in [7, 11) is 1.35. The average molecular weight is 186 g/mol. The number of allylic oxidation sites excluding steroid dienone is 1. The van der Waals surface area contributed by atoms with Crippen LogP contribution in [0.4, 0.5) is 4.39 Å². The molecule has 74 valence electrons. The van der Waals surface area contributed by atoms with Gasteiger partial charge in [0.05, 0.1) is 7.11 Å². The Kier molecular flexibility index (Phi) is 3.93. The van der Waals surface area contributed by atoms with Crippen LogP contribution in [0.15, 0.2) is 12.2 Å². The summed E-state index contributed by atoms with van der Waals surface area (Å²) in [5, 5.41) is 0. The Bertz CT molecular complexity index is 193. The lowest BCUT2D eigenvalue weighted by atomic mass is 9.88. The van der Waals surface area contributed by atoms with Crippen molar-refractivity contribution >= 4 is 5.97 Å². The molecule has 1 aliphatic rings. The molecule has 0 bridgehead atoms. The molecular weight excluding hydrogens is 171 g/mol. The summed E-state index contributed by atoms with van der Waals surface area (Å²) in [5.41, 5.74) is 0. The molecule has 0 aromatic rings. The second-order valence-electron chi connectivity index (χ2n) is 3.39. The quantitative estimate of drug-likeness (QED) is 0.488. The molecule has 3 heteroatoms. The highest BCUT2D eigenvalue weighted by Gasteiger charge is 2.18. The van der Waals surface area contributed by atoms with Crippen molar-refractivity contribution in [2.75, 3.05) is 7.11 Å². The molecule has 0 aromatic heterocycles. The Morgan fingerprint density at radius 2 is 2.00 bits per heavy atom. The van der Waals surface area contributed by atoms with Crippen molar-refractivity contribution in [1.82, 2.24) is 0 Å². The molecule has 1 fully saturated rings. The predicted octanol–water partition coefficient (Wildman–Crippen LogP) is 2.24. The van der Waals surface area contributed by atoms with E-state index in [1.165, 1.54) is 13.2 Å². The van der Waals surface area contributed by atoms with Crippen molar-refractivity contribution in [2.24, 2.45) is 5.92 Å². The van der Waals surface area contributed by atoms with Gasteiger partial charge in [0.2, 0.25) is 0 Å². The molecule has 1 saturated carbocycles. The molecule has 0 N–H and O–H groups in total. The van der Waals surface area contributed by atoms with E-state index in [1.54, 1.807) is 0 Å². The molecule has 13 heavy (non-hydrogen) atoms. The zero-order valence-electron chi connectivity index (χ0n) is 7.83.